The number of pyridine rings is 1. The normalized spacial score (nSPS) is 10.4. The molecule has 104 valence electrons. The Kier molecular flexibility index (Phi) is 5.95. The summed E-state index contributed by atoms with van der Waals surface area (Å²) in [5.41, 5.74) is 0.461. The summed E-state index contributed by atoms with van der Waals surface area (Å²) in [7, 11) is 1.60. The predicted octanol–water partition coefficient (Wildman–Crippen LogP) is 1.69. The Morgan fingerprint density at radius 3 is 2.63 bits per heavy atom. The van der Waals surface area contributed by atoms with E-state index in [1.54, 1.807) is 19.2 Å². The van der Waals surface area contributed by atoms with E-state index in [9.17, 15) is 9.59 Å². The lowest BCUT2D eigenvalue weighted by Crippen LogP contribution is -2.39. The highest BCUT2D eigenvalue weighted by Crippen LogP contribution is 2.08. The van der Waals surface area contributed by atoms with E-state index >= 15 is 0 Å². The van der Waals surface area contributed by atoms with Crippen LogP contribution in [-0.2, 0) is 4.79 Å². The van der Waals surface area contributed by atoms with Gasteiger partial charge in [-0.05, 0) is 34.0 Å². The van der Waals surface area contributed by atoms with Crippen molar-refractivity contribution in [3.63, 3.8) is 0 Å². The monoisotopic (exact) mass is 327 g/mol. The first-order valence-electron chi connectivity index (χ1n) is 6.04. The molecule has 5 nitrogen and oxygen atoms in total. The lowest BCUT2D eigenvalue weighted by atomic mass is 10.2. The number of amides is 2. The summed E-state index contributed by atoms with van der Waals surface area (Å²) >= 11 is 3.21. The van der Waals surface area contributed by atoms with Crippen molar-refractivity contribution in [1.82, 2.24) is 15.2 Å². The zero-order valence-electron chi connectivity index (χ0n) is 11.3. The van der Waals surface area contributed by atoms with Gasteiger partial charge in [0.05, 0.1) is 12.1 Å². The molecular weight excluding hydrogens is 310 g/mol. The third-order valence-corrected chi connectivity index (χ3v) is 2.88. The molecule has 0 spiro atoms. The molecule has 0 radical (unpaired) electrons. The predicted molar refractivity (Wildman–Crippen MR) is 76.7 cm³/mol. The molecule has 1 aromatic heterocycles. The average Bonchev–Trinajstić information content (AvgIpc) is 2.36. The van der Waals surface area contributed by atoms with Crippen molar-refractivity contribution < 1.29 is 9.59 Å². The number of carbonyl (C=O) groups is 2. The summed E-state index contributed by atoms with van der Waals surface area (Å²) in [6.07, 6.45) is 1.48. The van der Waals surface area contributed by atoms with E-state index in [4.69, 9.17) is 0 Å². The van der Waals surface area contributed by atoms with Crippen LogP contribution in [0, 0.1) is 5.92 Å². The number of nitrogens with zero attached hydrogens (tertiary/aromatic N) is 2. The molecule has 2 amide bonds. The number of nitrogens with one attached hydrogen (secondary N) is 1. The molecule has 1 heterocycles. The van der Waals surface area contributed by atoms with Crippen LogP contribution >= 0.6 is 15.9 Å². The van der Waals surface area contributed by atoms with Gasteiger partial charge in [-0.3, -0.25) is 9.59 Å². The summed E-state index contributed by atoms with van der Waals surface area (Å²) in [6, 6.07) is 3.36. The highest BCUT2D eigenvalue weighted by Gasteiger charge is 2.15. The van der Waals surface area contributed by atoms with Crippen molar-refractivity contribution in [3.8, 4) is 0 Å². The maximum atomic E-state index is 12.0. The topological polar surface area (TPSA) is 62.3 Å². The van der Waals surface area contributed by atoms with Gasteiger partial charge >= 0.3 is 0 Å². The fourth-order valence-corrected chi connectivity index (χ4v) is 1.62. The van der Waals surface area contributed by atoms with Crippen LogP contribution in [0.15, 0.2) is 22.9 Å². The van der Waals surface area contributed by atoms with Gasteiger partial charge in [0.15, 0.2) is 0 Å². The van der Waals surface area contributed by atoms with Gasteiger partial charge in [-0.25, -0.2) is 4.98 Å². The van der Waals surface area contributed by atoms with Gasteiger partial charge < -0.3 is 10.2 Å². The molecule has 0 fully saturated rings. The first-order chi connectivity index (χ1) is 8.90. The molecule has 0 saturated heterocycles. The van der Waals surface area contributed by atoms with Crippen LogP contribution in [-0.4, -0.2) is 41.8 Å². The van der Waals surface area contributed by atoms with Gasteiger partial charge in [0.25, 0.3) is 5.91 Å². The maximum Gasteiger partial charge on any atom is 0.255 e. The Morgan fingerprint density at radius 2 is 2.11 bits per heavy atom. The van der Waals surface area contributed by atoms with E-state index in [-0.39, 0.29) is 18.4 Å². The van der Waals surface area contributed by atoms with Gasteiger partial charge in [-0.2, -0.15) is 0 Å². The molecule has 0 bridgehead atoms. The zero-order chi connectivity index (χ0) is 14.4. The minimum Gasteiger partial charge on any atom is -0.354 e. The van der Waals surface area contributed by atoms with E-state index in [0.717, 1.165) is 0 Å². The highest BCUT2D eigenvalue weighted by atomic mass is 79.9. The second kappa shape index (κ2) is 7.23. The van der Waals surface area contributed by atoms with E-state index in [1.807, 2.05) is 13.8 Å². The quantitative estimate of drug-likeness (QED) is 0.837. The first-order valence-corrected chi connectivity index (χ1v) is 6.83. The Balaban J connectivity index is 2.53. The van der Waals surface area contributed by atoms with Crippen molar-refractivity contribution in [2.75, 3.05) is 20.1 Å². The van der Waals surface area contributed by atoms with Crippen molar-refractivity contribution >= 4 is 27.7 Å². The molecule has 0 aliphatic heterocycles. The smallest absolute Gasteiger partial charge is 0.255 e. The number of carbonyl (C=O) groups excluding carboxylic acids is 2. The van der Waals surface area contributed by atoms with Gasteiger partial charge in [-0.15, -0.1) is 0 Å². The minimum atomic E-state index is -0.223. The standard InChI is InChI=1S/C13H18BrN3O2/c1-9(2)6-16-12(18)8-17(3)13(19)10-4-5-11(14)15-7-10/h4-5,7,9H,6,8H2,1-3H3,(H,16,18). The third-order valence-electron chi connectivity index (χ3n) is 2.41. The summed E-state index contributed by atoms with van der Waals surface area (Å²) in [5.74, 6) is 0.00921. The van der Waals surface area contributed by atoms with Crippen LogP contribution in [0.25, 0.3) is 0 Å². The highest BCUT2D eigenvalue weighted by molar-refractivity contribution is 9.10. The molecule has 0 unspecified atom stereocenters. The Bertz CT molecular complexity index is 446. The minimum absolute atomic E-state index is 0.0433. The maximum absolute atomic E-state index is 12.0. The Morgan fingerprint density at radius 1 is 1.42 bits per heavy atom. The first kappa shape index (κ1) is 15.6. The number of rotatable bonds is 5. The van der Waals surface area contributed by atoms with E-state index in [1.165, 1.54) is 11.1 Å². The summed E-state index contributed by atoms with van der Waals surface area (Å²) in [4.78, 5) is 29.0. The molecule has 0 aliphatic rings. The number of halogens is 1. The SMILES string of the molecule is CC(C)CNC(=O)CN(C)C(=O)c1ccc(Br)nc1. The van der Waals surface area contributed by atoms with Crippen molar-refractivity contribution in [2.45, 2.75) is 13.8 Å². The zero-order valence-corrected chi connectivity index (χ0v) is 12.9. The Labute approximate surface area is 121 Å². The number of aromatic nitrogens is 1. The van der Waals surface area contributed by atoms with Crippen molar-refractivity contribution in [1.29, 1.82) is 0 Å². The summed E-state index contributed by atoms with van der Waals surface area (Å²) in [6.45, 7) is 4.69. The van der Waals surface area contributed by atoms with Gasteiger partial charge in [-0.1, -0.05) is 13.8 Å². The molecular formula is C13H18BrN3O2. The molecule has 0 atom stereocenters. The molecule has 1 N–H and O–H groups in total. The van der Waals surface area contributed by atoms with Crippen LogP contribution in [0.3, 0.4) is 0 Å². The molecule has 0 saturated carbocycles. The van der Waals surface area contributed by atoms with Crippen molar-refractivity contribution in [3.05, 3.63) is 28.5 Å². The fraction of sp³-hybridized carbons (Fsp3) is 0.462. The van der Waals surface area contributed by atoms with E-state index < -0.39 is 0 Å². The van der Waals surface area contributed by atoms with Gasteiger partial charge in [0.1, 0.15) is 4.60 Å². The summed E-state index contributed by atoms with van der Waals surface area (Å²) in [5, 5.41) is 2.77. The van der Waals surface area contributed by atoms with E-state index in [2.05, 4.69) is 26.2 Å². The van der Waals surface area contributed by atoms with Crippen LogP contribution in [0.4, 0.5) is 0 Å². The lowest BCUT2D eigenvalue weighted by Gasteiger charge is -2.17. The molecule has 1 aromatic rings. The van der Waals surface area contributed by atoms with Crippen molar-refractivity contribution in [2.24, 2.45) is 5.92 Å². The van der Waals surface area contributed by atoms with E-state index in [0.29, 0.717) is 22.6 Å². The number of hydrogen-bond acceptors (Lipinski definition) is 3. The Hall–Kier alpha value is -1.43. The summed E-state index contributed by atoms with van der Waals surface area (Å²) < 4.78 is 0.668. The van der Waals surface area contributed by atoms with Crippen LogP contribution in [0.1, 0.15) is 24.2 Å². The van der Waals surface area contributed by atoms with Gasteiger partial charge in [0, 0.05) is 19.8 Å². The molecule has 0 aromatic carbocycles. The molecule has 0 aliphatic carbocycles. The fourth-order valence-electron chi connectivity index (χ4n) is 1.38. The average molecular weight is 328 g/mol. The molecule has 19 heavy (non-hydrogen) atoms. The van der Waals surface area contributed by atoms with Crippen LogP contribution in [0.2, 0.25) is 0 Å². The molecule has 6 heteroatoms. The second-order valence-corrected chi connectivity index (χ2v) is 5.54. The number of hydrogen-bond donors (Lipinski definition) is 1. The lowest BCUT2D eigenvalue weighted by molar-refractivity contribution is -0.121. The van der Waals surface area contributed by atoms with Crippen LogP contribution < -0.4 is 5.32 Å². The second-order valence-electron chi connectivity index (χ2n) is 4.73. The number of likely N-dealkylation sites (N-methyl/N-ethyl adjacent to an activating group) is 1. The van der Waals surface area contributed by atoms with Crippen LogP contribution in [0.5, 0.6) is 0 Å². The molecule has 1 rings (SSSR count). The third kappa shape index (κ3) is 5.38. The van der Waals surface area contributed by atoms with Gasteiger partial charge in [0.2, 0.25) is 5.91 Å². The largest absolute Gasteiger partial charge is 0.354 e.